The number of para-hydroxylation sites is 2. The van der Waals surface area contributed by atoms with Gasteiger partial charge in [0.2, 0.25) is 0 Å². The van der Waals surface area contributed by atoms with Gasteiger partial charge in [-0.25, -0.2) is 15.0 Å². The molecule has 0 aliphatic heterocycles. The second-order valence-electron chi connectivity index (χ2n) is 13.4. The fraction of sp³-hybridized carbons (Fsp3) is 0.0426. The molecular weight excluding hydrogens is 639 g/mol. The van der Waals surface area contributed by atoms with Crippen LogP contribution in [-0.4, -0.2) is 15.0 Å². The third kappa shape index (κ3) is 4.46. The first-order chi connectivity index (χ1) is 25.8. The molecule has 0 fully saturated rings. The first-order valence-corrected chi connectivity index (χ1v) is 17.7. The van der Waals surface area contributed by atoms with Crippen molar-refractivity contribution in [3.8, 4) is 45.3 Å². The number of hydrogen-bond donors (Lipinski definition) is 0. The Bertz CT molecular complexity index is 3080. The lowest BCUT2D eigenvalue weighted by molar-refractivity contribution is 0.668. The summed E-state index contributed by atoms with van der Waals surface area (Å²) in [5.41, 5.74) is 10.8. The summed E-state index contributed by atoms with van der Waals surface area (Å²) in [5.74, 6) is 1.92. The zero-order valence-electron chi connectivity index (χ0n) is 28.0. The smallest absolute Gasteiger partial charge is 0.164 e. The zero-order valence-corrected chi connectivity index (χ0v) is 28.0. The van der Waals surface area contributed by atoms with E-state index in [1.54, 1.807) is 0 Å². The van der Waals surface area contributed by atoms with Crippen LogP contribution in [0.1, 0.15) is 17.5 Å². The molecule has 0 saturated carbocycles. The van der Waals surface area contributed by atoms with Crippen molar-refractivity contribution in [1.29, 1.82) is 0 Å². The van der Waals surface area contributed by atoms with E-state index >= 15 is 0 Å². The molecule has 0 amide bonds. The highest BCUT2D eigenvalue weighted by Crippen LogP contribution is 2.42. The standard InChI is InChI=1S/C47H29N3O2/c1-2-12-28(13-3-1)45-48-46(50-47(49-45)39-26-29-14-4-5-15-31(29)33-16-6-7-17-34(33)39)38-21-11-23-41-43(38)37-25-24-30(27-42(37)51-41)32-19-10-20-36-35-18-8-9-22-40(35)52-44(32)36/h1-6,8-16,18-27H,7,17H2. The molecule has 1 aliphatic carbocycles. The molecule has 7 aromatic carbocycles. The van der Waals surface area contributed by atoms with Gasteiger partial charge in [0.1, 0.15) is 22.3 Å². The SMILES string of the molecule is C1=Cc2c(c(-c3nc(-c4ccccc4)nc(-c4cccc5oc6cc(-c7cccc8c7oc7ccccc78)ccc6c45)n3)cc3ccccc23)CC1. The van der Waals surface area contributed by atoms with Crippen molar-refractivity contribution in [2.75, 3.05) is 0 Å². The lowest BCUT2D eigenvalue weighted by Gasteiger charge is -2.18. The molecule has 0 radical (unpaired) electrons. The fourth-order valence-electron chi connectivity index (χ4n) is 7.99. The zero-order chi connectivity index (χ0) is 34.2. The summed E-state index contributed by atoms with van der Waals surface area (Å²) in [7, 11) is 0. The molecule has 11 rings (SSSR count). The molecule has 1 aliphatic rings. The molecule has 0 spiro atoms. The van der Waals surface area contributed by atoms with Crippen LogP contribution in [0.25, 0.3) is 106 Å². The van der Waals surface area contributed by atoms with Crippen LogP contribution in [0.2, 0.25) is 0 Å². The van der Waals surface area contributed by atoms with Crippen LogP contribution in [0.15, 0.2) is 154 Å². The predicted octanol–water partition coefficient (Wildman–Crippen LogP) is 12.5. The largest absolute Gasteiger partial charge is 0.456 e. The Morgan fingerprint density at radius 2 is 1.19 bits per heavy atom. The van der Waals surface area contributed by atoms with Crippen LogP contribution in [0.4, 0.5) is 0 Å². The van der Waals surface area contributed by atoms with Crippen molar-refractivity contribution in [2.45, 2.75) is 12.8 Å². The number of allylic oxidation sites excluding steroid dienone is 1. The van der Waals surface area contributed by atoms with Crippen LogP contribution in [0.5, 0.6) is 0 Å². The minimum atomic E-state index is 0.613. The second-order valence-corrected chi connectivity index (χ2v) is 13.4. The molecule has 0 bridgehead atoms. The third-order valence-electron chi connectivity index (χ3n) is 10.4. The minimum absolute atomic E-state index is 0.613. The summed E-state index contributed by atoms with van der Waals surface area (Å²) < 4.78 is 13.0. The van der Waals surface area contributed by atoms with Crippen LogP contribution in [-0.2, 0) is 6.42 Å². The Morgan fingerprint density at radius 1 is 0.462 bits per heavy atom. The van der Waals surface area contributed by atoms with Crippen molar-refractivity contribution < 1.29 is 8.83 Å². The van der Waals surface area contributed by atoms with Gasteiger partial charge < -0.3 is 8.83 Å². The molecule has 0 N–H and O–H groups in total. The highest BCUT2D eigenvalue weighted by molar-refractivity contribution is 6.14. The lowest BCUT2D eigenvalue weighted by Crippen LogP contribution is -2.05. The van der Waals surface area contributed by atoms with Crippen molar-refractivity contribution in [3.63, 3.8) is 0 Å². The van der Waals surface area contributed by atoms with E-state index in [9.17, 15) is 0 Å². The molecule has 3 heterocycles. The average Bonchev–Trinajstić information content (AvgIpc) is 3.79. The predicted molar refractivity (Wildman–Crippen MR) is 211 cm³/mol. The van der Waals surface area contributed by atoms with Gasteiger partial charge in [0, 0.05) is 43.8 Å². The first-order valence-electron chi connectivity index (χ1n) is 17.7. The molecular formula is C47H29N3O2. The number of aromatic nitrogens is 3. The van der Waals surface area contributed by atoms with Crippen LogP contribution in [0.3, 0.4) is 0 Å². The van der Waals surface area contributed by atoms with Gasteiger partial charge in [-0.3, -0.25) is 0 Å². The van der Waals surface area contributed by atoms with E-state index in [4.69, 9.17) is 23.8 Å². The maximum absolute atomic E-state index is 6.59. The number of hydrogen-bond acceptors (Lipinski definition) is 5. The van der Waals surface area contributed by atoms with Gasteiger partial charge in [0.05, 0.1) is 0 Å². The van der Waals surface area contributed by atoms with Gasteiger partial charge in [0.25, 0.3) is 0 Å². The molecule has 5 nitrogen and oxygen atoms in total. The van der Waals surface area contributed by atoms with Crippen LogP contribution in [0, 0.1) is 0 Å². The van der Waals surface area contributed by atoms with E-state index in [1.807, 2.05) is 48.5 Å². The molecule has 0 saturated heterocycles. The topological polar surface area (TPSA) is 65.0 Å². The fourth-order valence-corrected chi connectivity index (χ4v) is 7.99. The Kier molecular flexibility index (Phi) is 6.31. The highest BCUT2D eigenvalue weighted by atomic mass is 16.3. The van der Waals surface area contributed by atoms with Crippen LogP contribution >= 0.6 is 0 Å². The van der Waals surface area contributed by atoms with Gasteiger partial charge in [-0.05, 0) is 70.6 Å². The molecule has 5 heteroatoms. The summed E-state index contributed by atoms with van der Waals surface area (Å²) >= 11 is 0. The monoisotopic (exact) mass is 667 g/mol. The normalized spacial score (nSPS) is 12.8. The van der Waals surface area contributed by atoms with E-state index < -0.39 is 0 Å². The number of nitrogens with zero attached hydrogens (tertiary/aromatic N) is 3. The Balaban J connectivity index is 1.12. The average molecular weight is 668 g/mol. The molecule has 3 aromatic heterocycles. The molecule has 52 heavy (non-hydrogen) atoms. The van der Waals surface area contributed by atoms with E-state index in [-0.39, 0.29) is 0 Å². The maximum Gasteiger partial charge on any atom is 0.164 e. The summed E-state index contributed by atoms with van der Waals surface area (Å²) in [6, 6.07) is 48.0. The Hall–Kier alpha value is -6.85. The van der Waals surface area contributed by atoms with E-state index in [2.05, 4.69) is 103 Å². The van der Waals surface area contributed by atoms with Gasteiger partial charge >= 0.3 is 0 Å². The van der Waals surface area contributed by atoms with E-state index in [1.165, 1.54) is 21.9 Å². The van der Waals surface area contributed by atoms with Crippen molar-refractivity contribution >= 4 is 60.7 Å². The van der Waals surface area contributed by atoms with Crippen molar-refractivity contribution in [1.82, 2.24) is 15.0 Å². The summed E-state index contributed by atoms with van der Waals surface area (Å²) in [6.07, 6.45) is 6.43. The Morgan fingerprint density at radius 3 is 2.12 bits per heavy atom. The maximum atomic E-state index is 6.59. The molecule has 0 unspecified atom stereocenters. The number of furan rings is 2. The number of benzene rings is 7. The van der Waals surface area contributed by atoms with E-state index in [0.717, 1.165) is 84.5 Å². The van der Waals surface area contributed by atoms with Gasteiger partial charge in [-0.15, -0.1) is 0 Å². The quantitative estimate of drug-likeness (QED) is 0.187. The van der Waals surface area contributed by atoms with E-state index in [0.29, 0.717) is 17.5 Å². The lowest BCUT2D eigenvalue weighted by atomic mass is 9.88. The summed E-state index contributed by atoms with van der Waals surface area (Å²) in [5, 5.41) is 6.61. The molecule has 0 atom stereocenters. The third-order valence-corrected chi connectivity index (χ3v) is 10.4. The number of fused-ring (bicyclic) bond motifs is 9. The van der Waals surface area contributed by atoms with Gasteiger partial charge in [0.15, 0.2) is 17.5 Å². The minimum Gasteiger partial charge on any atom is -0.456 e. The van der Waals surface area contributed by atoms with Crippen LogP contribution < -0.4 is 0 Å². The van der Waals surface area contributed by atoms with Crippen molar-refractivity contribution in [2.24, 2.45) is 0 Å². The van der Waals surface area contributed by atoms with Crippen molar-refractivity contribution in [3.05, 3.63) is 157 Å². The summed E-state index contributed by atoms with van der Waals surface area (Å²) in [4.78, 5) is 15.6. The number of rotatable bonds is 4. The second kappa shape index (κ2) is 11.3. The summed E-state index contributed by atoms with van der Waals surface area (Å²) in [6.45, 7) is 0. The Labute approximate surface area is 298 Å². The molecule has 244 valence electrons. The molecule has 10 aromatic rings. The van der Waals surface area contributed by atoms with Gasteiger partial charge in [-0.2, -0.15) is 0 Å². The first kappa shape index (κ1) is 28.9. The van der Waals surface area contributed by atoms with Gasteiger partial charge in [-0.1, -0.05) is 121 Å². The highest BCUT2D eigenvalue weighted by Gasteiger charge is 2.22.